The first-order chi connectivity index (χ1) is 8.88. The maximum absolute atomic E-state index is 13.4. The van der Waals surface area contributed by atoms with Crippen molar-refractivity contribution < 1.29 is 8.78 Å². The van der Waals surface area contributed by atoms with E-state index in [0.717, 1.165) is 11.1 Å². The Morgan fingerprint density at radius 1 is 1.11 bits per heavy atom. The third-order valence-corrected chi connectivity index (χ3v) is 3.37. The van der Waals surface area contributed by atoms with Crippen LogP contribution in [0.1, 0.15) is 18.1 Å². The van der Waals surface area contributed by atoms with E-state index in [1.165, 1.54) is 24.3 Å². The van der Waals surface area contributed by atoms with E-state index in [4.69, 9.17) is 17.3 Å². The molecule has 1 atom stereocenters. The molecular formula is C15H14ClF2N. The van der Waals surface area contributed by atoms with Gasteiger partial charge in [0.05, 0.1) is 5.02 Å². The van der Waals surface area contributed by atoms with Gasteiger partial charge in [0.1, 0.15) is 11.6 Å². The van der Waals surface area contributed by atoms with Gasteiger partial charge in [-0.05, 0) is 48.7 Å². The summed E-state index contributed by atoms with van der Waals surface area (Å²) in [7, 11) is 0. The summed E-state index contributed by atoms with van der Waals surface area (Å²) in [5.41, 5.74) is 7.07. The largest absolute Gasteiger partial charge is 0.321 e. The molecule has 0 radical (unpaired) electrons. The zero-order valence-corrected chi connectivity index (χ0v) is 11.2. The lowest BCUT2D eigenvalue weighted by molar-refractivity contribution is 0.488. The van der Waals surface area contributed by atoms with E-state index >= 15 is 0 Å². The van der Waals surface area contributed by atoms with Gasteiger partial charge < -0.3 is 5.73 Å². The molecule has 0 aliphatic rings. The van der Waals surface area contributed by atoms with Gasteiger partial charge in [0.25, 0.3) is 0 Å². The van der Waals surface area contributed by atoms with Crippen LogP contribution in [0, 0.1) is 11.6 Å². The second kappa shape index (κ2) is 5.27. The van der Waals surface area contributed by atoms with Crippen LogP contribution in [0.5, 0.6) is 0 Å². The van der Waals surface area contributed by atoms with Gasteiger partial charge >= 0.3 is 0 Å². The molecule has 2 N–H and O–H groups in total. The Bertz CT molecular complexity index is 579. The van der Waals surface area contributed by atoms with Gasteiger partial charge in [-0.2, -0.15) is 0 Å². The maximum atomic E-state index is 13.4. The predicted octanol–water partition coefficient (Wildman–Crippen LogP) is 4.03. The van der Waals surface area contributed by atoms with E-state index in [2.05, 4.69) is 0 Å². The molecule has 2 rings (SSSR count). The molecule has 0 fully saturated rings. The van der Waals surface area contributed by atoms with Crippen LogP contribution in [0.25, 0.3) is 0 Å². The molecule has 0 aliphatic heterocycles. The molecule has 0 aromatic heterocycles. The summed E-state index contributed by atoms with van der Waals surface area (Å²) in [4.78, 5) is 0. The van der Waals surface area contributed by atoms with E-state index in [0.29, 0.717) is 6.42 Å². The third kappa shape index (κ3) is 3.31. The minimum absolute atomic E-state index is 0.0873. The molecule has 2 aromatic rings. The molecule has 0 saturated heterocycles. The first-order valence-electron chi connectivity index (χ1n) is 5.87. The summed E-state index contributed by atoms with van der Waals surface area (Å²) >= 11 is 5.64. The minimum atomic E-state index is -0.700. The van der Waals surface area contributed by atoms with Crippen molar-refractivity contribution in [3.05, 3.63) is 70.2 Å². The Balaban J connectivity index is 2.25. The van der Waals surface area contributed by atoms with Crippen molar-refractivity contribution in [2.45, 2.75) is 18.9 Å². The lowest BCUT2D eigenvalue weighted by atomic mass is 9.86. The summed E-state index contributed by atoms with van der Waals surface area (Å²) in [6.45, 7) is 1.83. The van der Waals surface area contributed by atoms with Crippen molar-refractivity contribution >= 4 is 11.6 Å². The molecule has 2 aromatic carbocycles. The standard InChI is InChI=1S/C15H14ClF2N/c1-15(19,11-3-5-12(17)6-4-11)9-10-2-7-13(16)14(18)8-10/h2-8H,9,19H2,1H3. The van der Waals surface area contributed by atoms with Crippen LogP contribution in [-0.2, 0) is 12.0 Å². The molecule has 0 amide bonds. The number of benzene rings is 2. The summed E-state index contributed by atoms with van der Waals surface area (Å²) < 4.78 is 26.3. The van der Waals surface area contributed by atoms with Crippen molar-refractivity contribution in [1.29, 1.82) is 0 Å². The van der Waals surface area contributed by atoms with E-state index in [-0.39, 0.29) is 10.8 Å². The average Bonchev–Trinajstić information content (AvgIpc) is 2.34. The van der Waals surface area contributed by atoms with Crippen LogP contribution < -0.4 is 5.73 Å². The zero-order valence-electron chi connectivity index (χ0n) is 10.5. The molecule has 0 aliphatic carbocycles. The molecule has 0 heterocycles. The van der Waals surface area contributed by atoms with Crippen LogP contribution in [-0.4, -0.2) is 0 Å². The van der Waals surface area contributed by atoms with Crippen molar-refractivity contribution in [2.75, 3.05) is 0 Å². The van der Waals surface area contributed by atoms with Gasteiger partial charge in [-0.1, -0.05) is 29.8 Å². The summed E-state index contributed by atoms with van der Waals surface area (Å²) in [6.07, 6.45) is 0.437. The monoisotopic (exact) mass is 281 g/mol. The van der Waals surface area contributed by atoms with Crippen LogP contribution in [0.4, 0.5) is 8.78 Å². The van der Waals surface area contributed by atoms with Gasteiger partial charge in [-0.15, -0.1) is 0 Å². The van der Waals surface area contributed by atoms with Crippen molar-refractivity contribution in [3.8, 4) is 0 Å². The quantitative estimate of drug-likeness (QED) is 0.903. The molecule has 1 unspecified atom stereocenters. The van der Waals surface area contributed by atoms with E-state index in [9.17, 15) is 8.78 Å². The molecule has 0 spiro atoms. The van der Waals surface area contributed by atoms with E-state index in [1.807, 2.05) is 6.92 Å². The predicted molar refractivity (Wildman–Crippen MR) is 73.1 cm³/mol. The van der Waals surface area contributed by atoms with Gasteiger partial charge in [0, 0.05) is 5.54 Å². The van der Waals surface area contributed by atoms with Gasteiger partial charge in [-0.25, -0.2) is 8.78 Å². The van der Waals surface area contributed by atoms with Crippen LogP contribution >= 0.6 is 11.6 Å². The highest BCUT2D eigenvalue weighted by molar-refractivity contribution is 6.30. The number of hydrogen-bond donors (Lipinski definition) is 1. The smallest absolute Gasteiger partial charge is 0.142 e. The first-order valence-corrected chi connectivity index (χ1v) is 6.25. The number of halogens is 3. The summed E-state index contributed by atoms with van der Waals surface area (Å²) in [5, 5.41) is 0.0873. The van der Waals surface area contributed by atoms with Gasteiger partial charge in [0.2, 0.25) is 0 Å². The SMILES string of the molecule is CC(N)(Cc1ccc(Cl)c(F)c1)c1ccc(F)cc1. The average molecular weight is 282 g/mol. The summed E-state index contributed by atoms with van der Waals surface area (Å²) in [6, 6.07) is 10.6. The highest BCUT2D eigenvalue weighted by Crippen LogP contribution is 2.25. The van der Waals surface area contributed by atoms with Crippen molar-refractivity contribution in [2.24, 2.45) is 5.73 Å². The van der Waals surface area contributed by atoms with Crippen LogP contribution in [0.15, 0.2) is 42.5 Å². The van der Waals surface area contributed by atoms with Crippen LogP contribution in [0.2, 0.25) is 5.02 Å². The fraction of sp³-hybridized carbons (Fsp3) is 0.200. The minimum Gasteiger partial charge on any atom is -0.321 e. The van der Waals surface area contributed by atoms with Gasteiger partial charge in [-0.3, -0.25) is 0 Å². The van der Waals surface area contributed by atoms with Crippen LogP contribution in [0.3, 0.4) is 0 Å². The van der Waals surface area contributed by atoms with Crippen molar-refractivity contribution in [3.63, 3.8) is 0 Å². The Labute approximate surface area is 116 Å². The lowest BCUT2D eigenvalue weighted by Crippen LogP contribution is -2.35. The Hall–Kier alpha value is -1.45. The topological polar surface area (TPSA) is 26.0 Å². The second-order valence-corrected chi connectivity index (χ2v) is 5.26. The normalized spacial score (nSPS) is 14.2. The lowest BCUT2D eigenvalue weighted by Gasteiger charge is -2.25. The fourth-order valence-corrected chi connectivity index (χ4v) is 2.12. The Kier molecular flexibility index (Phi) is 3.88. The maximum Gasteiger partial charge on any atom is 0.142 e. The molecule has 0 bridgehead atoms. The second-order valence-electron chi connectivity index (χ2n) is 4.85. The number of hydrogen-bond acceptors (Lipinski definition) is 1. The van der Waals surface area contributed by atoms with Gasteiger partial charge in [0.15, 0.2) is 0 Å². The molecule has 4 heteroatoms. The fourth-order valence-electron chi connectivity index (χ4n) is 2.01. The molecule has 0 saturated carbocycles. The first kappa shape index (κ1) is 14.0. The van der Waals surface area contributed by atoms with E-state index < -0.39 is 11.4 Å². The molecule has 1 nitrogen and oxygen atoms in total. The third-order valence-electron chi connectivity index (χ3n) is 3.06. The van der Waals surface area contributed by atoms with Crippen molar-refractivity contribution in [1.82, 2.24) is 0 Å². The summed E-state index contributed by atoms with van der Waals surface area (Å²) in [5.74, 6) is -0.772. The highest BCUT2D eigenvalue weighted by Gasteiger charge is 2.22. The van der Waals surface area contributed by atoms with E-state index in [1.54, 1.807) is 18.2 Å². The Morgan fingerprint density at radius 2 is 1.74 bits per heavy atom. The Morgan fingerprint density at radius 3 is 2.32 bits per heavy atom. The number of rotatable bonds is 3. The molecule has 19 heavy (non-hydrogen) atoms. The molecular weight excluding hydrogens is 268 g/mol. The number of nitrogens with two attached hydrogens (primary N) is 1. The molecule has 100 valence electrons. The zero-order chi connectivity index (χ0) is 14.0. The highest BCUT2D eigenvalue weighted by atomic mass is 35.5.